The third-order valence-corrected chi connectivity index (χ3v) is 4.16. The first-order valence-electron chi connectivity index (χ1n) is 7.49. The molecule has 1 amide bonds. The lowest BCUT2D eigenvalue weighted by Crippen LogP contribution is -2.28. The average Bonchev–Trinajstić information content (AvgIpc) is 3.05. The Balaban J connectivity index is 1.52. The molecule has 2 aromatic carbocycles. The molecule has 0 aliphatic rings. The minimum absolute atomic E-state index is 0.0369. The molecule has 0 aliphatic heterocycles. The van der Waals surface area contributed by atoms with Gasteiger partial charge in [-0.25, -0.2) is 0 Å². The van der Waals surface area contributed by atoms with E-state index in [0.717, 1.165) is 15.5 Å². The maximum atomic E-state index is 12.1. The van der Waals surface area contributed by atoms with E-state index in [0.29, 0.717) is 18.7 Å². The van der Waals surface area contributed by atoms with Crippen LogP contribution in [0.4, 0.5) is 11.4 Å². The first-order valence-corrected chi connectivity index (χ1v) is 8.28. The number of halogens is 1. The molecule has 1 aromatic heterocycles. The van der Waals surface area contributed by atoms with Crippen LogP contribution in [0.15, 0.2) is 57.4 Å². The number of carbonyl (C=O) groups excluding carboxylic acids is 1. The van der Waals surface area contributed by atoms with Crippen LogP contribution in [-0.4, -0.2) is 23.9 Å². The summed E-state index contributed by atoms with van der Waals surface area (Å²) >= 11 is 3.39. The predicted molar refractivity (Wildman–Crippen MR) is 97.8 cm³/mol. The van der Waals surface area contributed by atoms with Crippen molar-refractivity contribution < 1.29 is 14.1 Å². The van der Waals surface area contributed by atoms with Crippen LogP contribution in [0.2, 0.25) is 0 Å². The molecule has 0 atom stereocenters. The van der Waals surface area contributed by atoms with Crippen molar-refractivity contribution in [3.05, 3.63) is 68.9 Å². The maximum absolute atomic E-state index is 12.1. The molecule has 0 spiro atoms. The summed E-state index contributed by atoms with van der Waals surface area (Å²) in [5, 5.41) is 17.3. The highest BCUT2D eigenvalue weighted by molar-refractivity contribution is 9.10. The fourth-order valence-corrected chi connectivity index (χ4v) is 2.77. The molecule has 128 valence electrons. The quantitative estimate of drug-likeness (QED) is 0.369. The van der Waals surface area contributed by atoms with Gasteiger partial charge in [0.15, 0.2) is 5.76 Å². The van der Waals surface area contributed by atoms with Crippen molar-refractivity contribution >= 4 is 44.2 Å². The number of nitro benzene ring substituents is 1. The second kappa shape index (κ2) is 7.35. The van der Waals surface area contributed by atoms with Crippen molar-refractivity contribution in [2.75, 3.05) is 18.4 Å². The second-order valence-corrected chi connectivity index (χ2v) is 6.11. The molecule has 0 saturated carbocycles. The van der Waals surface area contributed by atoms with Crippen molar-refractivity contribution in [2.45, 2.75) is 0 Å². The highest BCUT2D eigenvalue weighted by Crippen LogP contribution is 2.26. The minimum atomic E-state index is -0.449. The van der Waals surface area contributed by atoms with E-state index in [1.165, 1.54) is 12.1 Å². The number of hydrogen-bond donors (Lipinski definition) is 2. The Morgan fingerprint density at radius 1 is 1.16 bits per heavy atom. The van der Waals surface area contributed by atoms with Gasteiger partial charge in [-0.2, -0.15) is 0 Å². The maximum Gasteiger partial charge on any atom is 0.287 e. The van der Waals surface area contributed by atoms with E-state index >= 15 is 0 Å². The van der Waals surface area contributed by atoms with Gasteiger partial charge in [0, 0.05) is 36.3 Å². The standard InChI is InChI=1S/C17H14BrN3O4/c18-14-3-1-2-11-10-15(25-16(11)14)17(22)20-9-8-19-12-4-6-13(7-5-12)21(23)24/h1-7,10,19H,8-9H2,(H,20,22). The number of fused-ring (bicyclic) bond motifs is 1. The summed E-state index contributed by atoms with van der Waals surface area (Å²) < 4.78 is 6.36. The lowest BCUT2D eigenvalue weighted by atomic mass is 10.2. The summed E-state index contributed by atoms with van der Waals surface area (Å²) in [5.41, 5.74) is 1.42. The van der Waals surface area contributed by atoms with Gasteiger partial charge in [-0.3, -0.25) is 14.9 Å². The van der Waals surface area contributed by atoms with Gasteiger partial charge in [0.1, 0.15) is 5.58 Å². The van der Waals surface area contributed by atoms with Crippen LogP contribution in [0.25, 0.3) is 11.0 Å². The van der Waals surface area contributed by atoms with Gasteiger partial charge in [0.25, 0.3) is 11.6 Å². The van der Waals surface area contributed by atoms with Crippen LogP contribution in [0.3, 0.4) is 0 Å². The van der Waals surface area contributed by atoms with E-state index in [2.05, 4.69) is 26.6 Å². The van der Waals surface area contributed by atoms with E-state index in [1.807, 2.05) is 18.2 Å². The van der Waals surface area contributed by atoms with Crippen LogP contribution < -0.4 is 10.6 Å². The van der Waals surface area contributed by atoms with Crippen LogP contribution in [0, 0.1) is 10.1 Å². The molecule has 2 N–H and O–H groups in total. The molecule has 1 heterocycles. The van der Waals surface area contributed by atoms with E-state index < -0.39 is 4.92 Å². The van der Waals surface area contributed by atoms with Crippen LogP contribution in [-0.2, 0) is 0 Å². The van der Waals surface area contributed by atoms with Crippen LogP contribution in [0.5, 0.6) is 0 Å². The normalized spacial score (nSPS) is 10.6. The highest BCUT2D eigenvalue weighted by Gasteiger charge is 2.13. The SMILES string of the molecule is O=C(NCCNc1ccc([N+](=O)[O-])cc1)c1cc2cccc(Br)c2o1. The van der Waals surface area contributed by atoms with Crippen LogP contribution in [0.1, 0.15) is 10.6 Å². The van der Waals surface area contributed by atoms with E-state index in [1.54, 1.807) is 18.2 Å². The zero-order valence-electron chi connectivity index (χ0n) is 13.0. The number of benzene rings is 2. The largest absolute Gasteiger partial charge is 0.450 e. The lowest BCUT2D eigenvalue weighted by molar-refractivity contribution is -0.384. The van der Waals surface area contributed by atoms with Crippen molar-refractivity contribution in [3.63, 3.8) is 0 Å². The minimum Gasteiger partial charge on any atom is -0.450 e. The van der Waals surface area contributed by atoms with Crippen LogP contribution >= 0.6 is 15.9 Å². The number of nitrogens with one attached hydrogen (secondary N) is 2. The van der Waals surface area contributed by atoms with Crippen molar-refractivity contribution in [2.24, 2.45) is 0 Å². The monoisotopic (exact) mass is 403 g/mol. The molecular formula is C17H14BrN3O4. The van der Waals surface area contributed by atoms with Gasteiger partial charge in [-0.15, -0.1) is 0 Å². The van der Waals surface area contributed by atoms with E-state index in [-0.39, 0.29) is 17.4 Å². The Hall–Kier alpha value is -2.87. The topological polar surface area (TPSA) is 97.4 Å². The number of amides is 1. The molecule has 25 heavy (non-hydrogen) atoms. The summed E-state index contributed by atoms with van der Waals surface area (Å²) in [7, 11) is 0. The van der Waals surface area contributed by atoms with Crippen molar-refractivity contribution in [3.8, 4) is 0 Å². The van der Waals surface area contributed by atoms with E-state index in [4.69, 9.17) is 4.42 Å². The third kappa shape index (κ3) is 3.97. The number of carbonyl (C=O) groups is 1. The number of nitro groups is 1. The predicted octanol–water partition coefficient (Wildman–Crippen LogP) is 3.95. The van der Waals surface area contributed by atoms with E-state index in [9.17, 15) is 14.9 Å². The Kier molecular flexibility index (Phi) is 4.99. The molecular weight excluding hydrogens is 390 g/mol. The fourth-order valence-electron chi connectivity index (χ4n) is 2.31. The molecule has 0 aliphatic carbocycles. The van der Waals surface area contributed by atoms with Gasteiger partial charge in [-0.05, 0) is 40.2 Å². The molecule has 0 bridgehead atoms. The smallest absolute Gasteiger partial charge is 0.287 e. The zero-order chi connectivity index (χ0) is 17.8. The number of non-ortho nitro benzene ring substituents is 1. The van der Waals surface area contributed by atoms with Crippen molar-refractivity contribution in [1.82, 2.24) is 5.32 Å². The Labute approximate surface area is 151 Å². The number of para-hydroxylation sites is 1. The zero-order valence-corrected chi connectivity index (χ0v) is 14.6. The van der Waals surface area contributed by atoms with Gasteiger partial charge in [-0.1, -0.05) is 12.1 Å². The van der Waals surface area contributed by atoms with Gasteiger partial charge in [0.05, 0.1) is 9.40 Å². The number of rotatable bonds is 6. The number of anilines is 1. The average molecular weight is 404 g/mol. The molecule has 0 fully saturated rings. The molecule has 0 saturated heterocycles. The first-order chi connectivity index (χ1) is 12.0. The summed E-state index contributed by atoms with van der Waals surface area (Å²) in [4.78, 5) is 22.3. The number of hydrogen-bond acceptors (Lipinski definition) is 5. The van der Waals surface area contributed by atoms with Gasteiger partial charge in [0.2, 0.25) is 0 Å². The van der Waals surface area contributed by atoms with Crippen molar-refractivity contribution in [1.29, 1.82) is 0 Å². The number of nitrogens with zero attached hydrogens (tertiary/aromatic N) is 1. The molecule has 3 rings (SSSR count). The fraction of sp³-hybridized carbons (Fsp3) is 0.118. The summed E-state index contributed by atoms with van der Waals surface area (Å²) in [6.07, 6.45) is 0. The summed E-state index contributed by atoms with van der Waals surface area (Å²) in [6.45, 7) is 0.863. The molecule has 0 unspecified atom stereocenters. The second-order valence-electron chi connectivity index (χ2n) is 5.26. The molecule has 8 heteroatoms. The third-order valence-electron chi connectivity index (χ3n) is 3.54. The molecule has 7 nitrogen and oxygen atoms in total. The number of furan rings is 1. The molecule has 0 radical (unpaired) electrons. The lowest BCUT2D eigenvalue weighted by Gasteiger charge is -2.06. The summed E-state index contributed by atoms with van der Waals surface area (Å²) in [5.74, 6) is -0.0502. The Bertz CT molecular complexity index is 921. The Morgan fingerprint density at radius 2 is 1.92 bits per heavy atom. The molecule has 3 aromatic rings. The van der Waals surface area contributed by atoms with Gasteiger partial charge < -0.3 is 15.1 Å². The summed E-state index contributed by atoms with van der Waals surface area (Å²) in [6, 6.07) is 13.4. The highest BCUT2D eigenvalue weighted by atomic mass is 79.9. The first kappa shape index (κ1) is 17.0. The van der Waals surface area contributed by atoms with Gasteiger partial charge >= 0.3 is 0 Å². The Morgan fingerprint density at radius 3 is 2.60 bits per heavy atom.